The van der Waals surface area contributed by atoms with Crippen LogP contribution in [0.15, 0.2) is 24.3 Å². The minimum absolute atomic E-state index is 0.144. The van der Waals surface area contributed by atoms with E-state index < -0.39 is 21.7 Å². The molecule has 0 fully saturated rings. The van der Waals surface area contributed by atoms with Crippen molar-refractivity contribution in [2.24, 2.45) is 0 Å². The predicted molar refractivity (Wildman–Crippen MR) is 69.5 cm³/mol. The number of rotatable bonds is 6. The Hall–Kier alpha value is -2.09. The number of carbonyl (C=O) groups excluding carboxylic acids is 1. The zero-order valence-electron chi connectivity index (χ0n) is 10.2. The van der Waals surface area contributed by atoms with Crippen LogP contribution in [0.3, 0.4) is 0 Å². The third-order valence-corrected chi connectivity index (χ3v) is 3.22. The fraction of sp³-hybridized carbons (Fsp3) is 0.273. The molecule has 1 aromatic rings. The van der Waals surface area contributed by atoms with Crippen LogP contribution in [0.2, 0.25) is 0 Å². The van der Waals surface area contributed by atoms with Crippen LogP contribution in [0.1, 0.15) is 17.3 Å². The second-order valence-corrected chi connectivity index (χ2v) is 5.42. The summed E-state index contributed by atoms with van der Waals surface area (Å²) in [5.74, 6) is -2.81. The molecule has 0 saturated heterocycles. The molecule has 0 spiro atoms. The molecule has 1 rings (SSSR count). The van der Waals surface area contributed by atoms with Gasteiger partial charge in [-0.25, -0.2) is 8.42 Å². The molecular formula is C11H14N2O5S. The van der Waals surface area contributed by atoms with Crippen LogP contribution in [0, 0.1) is 0 Å². The van der Waals surface area contributed by atoms with Gasteiger partial charge in [0.2, 0.25) is 10.0 Å². The highest BCUT2D eigenvalue weighted by Crippen LogP contribution is 2.12. The summed E-state index contributed by atoms with van der Waals surface area (Å²) in [4.78, 5) is 21.9. The van der Waals surface area contributed by atoms with Gasteiger partial charge in [-0.05, 0) is 25.1 Å². The number of amides is 1. The van der Waals surface area contributed by atoms with E-state index in [1.54, 1.807) is 6.92 Å². The second kappa shape index (κ2) is 6.19. The Balaban J connectivity index is 2.89. The second-order valence-electron chi connectivity index (χ2n) is 3.70. The standard InChI is InChI=1S/C11H14N2O5S/c1-2-12-11(16)8-4-3-5-9(6-8)13-19(17,18)7-10(14)15/h3-6,13H,2,7H2,1H3,(H,12,16)(H,14,15). The molecule has 1 amide bonds. The first-order valence-electron chi connectivity index (χ1n) is 5.44. The molecule has 3 N–H and O–H groups in total. The molecule has 8 heteroatoms. The van der Waals surface area contributed by atoms with Gasteiger partial charge in [0.15, 0.2) is 5.75 Å². The van der Waals surface area contributed by atoms with Gasteiger partial charge in [0.05, 0.1) is 0 Å². The molecule has 0 heterocycles. The van der Waals surface area contributed by atoms with Crippen molar-refractivity contribution in [2.75, 3.05) is 17.0 Å². The molecule has 104 valence electrons. The minimum atomic E-state index is -3.97. The Bertz CT molecular complexity index is 583. The summed E-state index contributed by atoms with van der Waals surface area (Å²) in [5.41, 5.74) is 0.433. The monoisotopic (exact) mass is 286 g/mol. The van der Waals surface area contributed by atoms with E-state index in [4.69, 9.17) is 5.11 Å². The van der Waals surface area contributed by atoms with Crippen LogP contribution < -0.4 is 10.0 Å². The van der Waals surface area contributed by atoms with Crippen molar-refractivity contribution in [3.05, 3.63) is 29.8 Å². The van der Waals surface area contributed by atoms with Gasteiger partial charge in [-0.3, -0.25) is 14.3 Å². The first-order valence-corrected chi connectivity index (χ1v) is 7.10. The largest absolute Gasteiger partial charge is 0.480 e. The maximum Gasteiger partial charge on any atom is 0.320 e. The van der Waals surface area contributed by atoms with Crippen molar-refractivity contribution in [1.29, 1.82) is 0 Å². The lowest BCUT2D eigenvalue weighted by atomic mass is 10.2. The highest BCUT2D eigenvalue weighted by molar-refractivity contribution is 7.93. The van der Waals surface area contributed by atoms with Crippen LogP contribution in [0.5, 0.6) is 0 Å². The summed E-state index contributed by atoms with van der Waals surface area (Å²) >= 11 is 0. The summed E-state index contributed by atoms with van der Waals surface area (Å²) < 4.78 is 24.9. The molecule has 0 saturated carbocycles. The van der Waals surface area contributed by atoms with E-state index >= 15 is 0 Å². The zero-order valence-corrected chi connectivity index (χ0v) is 11.0. The van der Waals surface area contributed by atoms with Gasteiger partial charge in [0.25, 0.3) is 5.91 Å². The first-order chi connectivity index (χ1) is 8.84. The molecule has 0 aliphatic heterocycles. The van der Waals surface area contributed by atoms with E-state index in [-0.39, 0.29) is 17.2 Å². The third kappa shape index (κ3) is 4.96. The van der Waals surface area contributed by atoms with Crippen molar-refractivity contribution in [3.8, 4) is 0 Å². The number of carboxylic acid groups (broad SMARTS) is 1. The molecule has 0 bridgehead atoms. The fourth-order valence-corrected chi connectivity index (χ4v) is 2.25. The average Bonchev–Trinajstić information content (AvgIpc) is 2.27. The SMILES string of the molecule is CCNC(=O)c1cccc(NS(=O)(=O)CC(=O)O)c1. The van der Waals surface area contributed by atoms with Crippen LogP contribution >= 0.6 is 0 Å². The van der Waals surface area contributed by atoms with Crippen molar-refractivity contribution in [2.45, 2.75) is 6.92 Å². The number of hydrogen-bond donors (Lipinski definition) is 3. The lowest BCUT2D eigenvalue weighted by molar-refractivity contribution is -0.134. The summed E-state index contributed by atoms with van der Waals surface area (Å²) in [6.07, 6.45) is 0. The minimum Gasteiger partial charge on any atom is -0.480 e. The fourth-order valence-electron chi connectivity index (χ4n) is 1.36. The number of sulfonamides is 1. The topological polar surface area (TPSA) is 113 Å². The molecule has 0 aliphatic carbocycles. The Labute approximate surface area is 110 Å². The van der Waals surface area contributed by atoms with Crippen LogP contribution in [-0.2, 0) is 14.8 Å². The number of aliphatic carboxylic acids is 1. The number of anilines is 1. The molecule has 0 aliphatic rings. The van der Waals surface area contributed by atoms with Gasteiger partial charge in [-0.15, -0.1) is 0 Å². The van der Waals surface area contributed by atoms with Crippen LogP contribution in [0.25, 0.3) is 0 Å². The number of benzene rings is 1. The molecule has 1 aromatic carbocycles. The number of nitrogens with one attached hydrogen (secondary N) is 2. The molecule has 0 radical (unpaired) electrons. The van der Waals surface area contributed by atoms with Gasteiger partial charge in [-0.2, -0.15) is 0 Å². The predicted octanol–water partition coefficient (Wildman–Crippen LogP) is 0.263. The molecule has 0 atom stereocenters. The lowest BCUT2D eigenvalue weighted by Gasteiger charge is -2.08. The van der Waals surface area contributed by atoms with Crippen LogP contribution in [-0.4, -0.2) is 37.7 Å². The average molecular weight is 286 g/mol. The van der Waals surface area contributed by atoms with Gasteiger partial charge in [-0.1, -0.05) is 6.07 Å². The number of carbonyl (C=O) groups is 2. The summed E-state index contributed by atoms with van der Waals surface area (Å²) in [7, 11) is -3.97. The lowest BCUT2D eigenvalue weighted by Crippen LogP contribution is -2.24. The first kappa shape index (κ1) is 15.0. The Morgan fingerprint density at radius 3 is 2.58 bits per heavy atom. The summed E-state index contributed by atoms with van der Waals surface area (Å²) in [5, 5.41) is 11.0. The van der Waals surface area contributed by atoms with Gasteiger partial charge in [0.1, 0.15) is 0 Å². The Morgan fingerprint density at radius 2 is 2.00 bits per heavy atom. The summed E-state index contributed by atoms with van der Waals surface area (Å²) in [6.45, 7) is 2.21. The van der Waals surface area contributed by atoms with Gasteiger partial charge in [0, 0.05) is 17.8 Å². The Morgan fingerprint density at radius 1 is 1.32 bits per heavy atom. The summed E-state index contributed by atoms with van der Waals surface area (Å²) in [6, 6.07) is 5.80. The van der Waals surface area contributed by atoms with E-state index in [0.717, 1.165) is 0 Å². The van der Waals surface area contributed by atoms with Crippen molar-refractivity contribution >= 4 is 27.6 Å². The third-order valence-electron chi connectivity index (χ3n) is 2.05. The van der Waals surface area contributed by atoms with E-state index in [0.29, 0.717) is 6.54 Å². The molecule has 0 aromatic heterocycles. The van der Waals surface area contributed by atoms with E-state index in [1.165, 1.54) is 24.3 Å². The number of hydrogen-bond acceptors (Lipinski definition) is 4. The van der Waals surface area contributed by atoms with Crippen molar-refractivity contribution in [3.63, 3.8) is 0 Å². The smallest absolute Gasteiger partial charge is 0.320 e. The zero-order chi connectivity index (χ0) is 14.5. The molecule has 7 nitrogen and oxygen atoms in total. The normalized spacial score (nSPS) is 10.8. The molecule has 19 heavy (non-hydrogen) atoms. The maximum atomic E-state index is 11.6. The van der Waals surface area contributed by atoms with Crippen molar-refractivity contribution in [1.82, 2.24) is 5.32 Å². The van der Waals surface area contributed by atoms with Crippen molar-refractivity contribution < 1.29 is 23.1 Å². The maximum absolute atomic E-state index is 11.6. The molecule has 0 unspecified atom stereocenters. The molecular weight excluding hydrogens is 272 g/mol. The Kier molecular flexibility index (Phi) is 4.87. The highest BCUT2D eigenvalue weighted by Gasteiger charge is 2.16. The van der Waals surface area contributed by atoms with Crippen LogP contribution in [0.4, 0.5) is 5.69 Å². The van der Waals surface area contributed by atoms with E-state index in [2.05, 4.69) is 10.0 Å². The number of carboxylic acids is 1. The van der Waals surface area contributed by atoms with E-state index in [9.17, 15) is 18.0 Å². The van der Waals surface area contributed by atoms with Gasteiger partial charge >= 0.3 is 5.97 Å². The van der Waals surface area contributed by atoms with Gasteiger partial charge < -0.3 is 10.4 Å². The van der Waals surface area contributed by atoms with E-state index in [1.807, 2.05) is 0 Å². The highest BCUT2D eigenvalue weighted by atomic mass is 32.2. The quantitative estimate of drug-likeness (QED) is 0.694.